The van der Waals surface area contributed by atoms with Crippen LogP contribution in [0.5, 0.6) is 5.75 Å². The molecule has 29 heavy (non-hydrogen) atoms. The first-order valence-electron chi connectivity index (χ1n) is 8.16. The van der Waals surface area contributed by atoms with E-state index < -0.39 is 24.4 Å². The number of aromatic nitrogens is 2. The normalized spacial score (nSPS) is 11.7. The van der Waals surface area contributed by atoms with Crippen molar-refractivity contribution in [2.75, 3.05) is 5.32 Å². The molecule has 0 saturated heterocycles. The molecule has 0 saturated carbocycles. The summed E-state index contributed by atoms with van der Waals surface area (Å²) in [5.41, 5.74) is 0.391. The van der Waals surface area contributed by atoms with Crippen molar-refractivity contribution in [1.82, 2.24) is 9.78 Å². The molecule has 0 aliphatic heterocycles. The van der Waals surface area contributed by atoms with Crippen LogP contribution >= 0.6 is 11.3 Å². The number of anilines is 1. The minimum Gasteiger partial charge on any atom is -0.433 e. The van der Waals surface area contributed by atoms with Crippen molar-refractivity contribution in [3.05, 3.63) is 63.6 Å². The number of carbonyl (C=O) groups excluding carboxylic acids is 1. The highest BCUT2D eigenvalue weighted by Crippen LogP contribution is 2.29. The van der Waals surface area contributed by atoms with Crippen molar-refractivity contribution in [3.8, 4) is 5.75 Å². The van der Waals surface area contributed by atoms with Crippen molar-refractivity contribution in [2.45, 2.75) is 26.3 Å². The first-order valence-corrected chi connectivity index (χ1v) is 9.04. The maximum Gasteiger partial charge on any atom is 0.435 e. The fraction of sp³-hybridized carbons (Fsp3) is 0.222. The molecular weight excluding hydrogens is 417 g/mol. The van der Waals surface area contributed by atoms with E-state index >= 15 is 0 Å². The minimum absolute atomic E-state index is 0.0457. The molecule has 5 nitrogen and oxygen atoms in total. The van der Waals surface area contributed by atoms with Crippen LogP contribution in [0.15, 0.2) is 41.9 Å². The number of carbonyl (C=O) groups is 1. The Bertz CT molecular complexity index is 1010. The number of halogens is 5. The van der Waals surface area contributed by atoms with Gasteiger partial charge in [-0.2, -0.15) is 27.1 Å². The lowest BCUT2D eigenvalue weighted by molar-refractivity contribution is -0.141. The van der Waals surface area contributed by atoms with E-state index in [2.05, 4.69) is 15.2 Å². The topological polar surface area (TPSA) is 56.1 Å². The molecule has 0 aliphatic carbocycles. The molecule has 2 aromatic heterocycles. The van der Waals surface area contributed by atoms with Gasteiger partial charge in [0.15, 0.2) is 5.69 Å². The van der Waals surface area contributed by atoms with Crippen LogP contribution in [0.25, 0.3) is 0 Å². The smallest absolute Gasteiger partial charge is 0.433 e. The number of amides is 1. The van der Waals surface area contributed by atoms with Crippen LogP contribution in [0.4, 0.5) is 27.6 Å². The van der Waals surface area contributed by atoms with E-state index in [0.717, 1.165) is 27.6 Å². The van der Waals surface area contributed by atoms with Crippen molar-refractivity contribution >= 4 is 22.9 Å². The summed E-state index contributed by atoms with van der Waals surface area (Å²) in [6.07, 6.45) is -3.34. The van der Waals surface area contributed by atoms with Crippen LogP contribution in [0.3, 0.4) is 0 Å². The van der Waals surface area contributed by atoms with Gasteiger partial charge in [0.1, 0.15) is 5.75 Å². The molecule has 0 fully saturated rings. The zero-order chi connectivity index (χ0) is 21.2. The maximum absolute atomic E-state index is 12.6. The van der Waals surface area contributed by atoms with Crippen molar-refractivity contribution in [2.24, 2.45) is 0 Å². The third-order valence-electron chi connectivity index (χ3n) is 3.75. The van der Waals surface area contributed by atoms with Gasteiger partial charge in [-0.25, -0.2) is 0 Å². The molecule has 0 radical (unpaired) electrons. The predicted molar refractivity (Wildman–Crippen MR) is 96.4 cm³/mol. The largest absolute Gasteiger partial charge is 0.435 e. The standard InChI is InChI=1S/C18H14F5N3O2S/c1-10-2-3-13(28-17(19)20)12(6-10)24-16(27)14-7-11(9-29-14)8-26-5-4-15(25-26)18(21,22)23/h2-7,9,17H,8H2,1H3,(H,24,27). The third-order valence-corrected chi connectivity index (χ3v) is 4.73. The molecule has 0 unspecified atom stereocenters. The Hall–Kier alpha value is -2.95. The number of thiophene rings is 1. The molecular formula is C18H14F5N3O2S. The lowest BCUT2D eigenvalue weighted by Crippen LogP contribution is -2.13. The summed E-state index contributed by atoms with van der Waals surface area (Å²) >= 11 is 1.07. The van der Waals surface area contributed by atoms with Crippen LogP contribution in [-0.2, 0) is 12.7 Å². The third kappa shape index (κ3) is 5.31. The van der Waals surface area contributed by atoms with Gasteiger partial charge in [-0.3, -0.25) is 9.48 Å². The molecule has 3 rings (SSSR count). The Balaban J connectivity index is 1.71. The summed E-state index contributed by atoms with van der Waals surface area (Å²) in [4.78, 5) is 12.7. The Labute approximate surface area is 165 Å². The van der Waals surface area contributed by atoms with E-state index in [1.807, 2.05) is 0 Å². The van der Waals surface area contributed by atoms with E-state index in [1.165, 1.54) is 24.4 Å². The highest BCUT2D eigenvalue weighted by Gasteiger charge is 2.33. The predicted octanol–water partition coefficient (Wildman–Crippen LogP) is 5.17. The number of nitrogens with one attached hydrogen (secondary N) is 1. The van der Waals surface area contributed by atoms with Gasteiger partial charge in [0.2, 0.25) is 0 Å². The number of benzene rings is 1. The van der Waals surface area contributed by atoms with Gasteiger partial charge in [0.05, 0.1) is 17.1 Å². The number of hydrogen-bond acceptors (Lipinski definition) is 4. The summed E-state index contributed by atoms with van der Waals surface area (Å²) in [6.45, 7) is -1.27. The quantitative estimate of drug-likeness (QED) is 0.548. The van der Waals surface area contributed by atoms with E-state index in [-0.39, 0.29) is 22.9 Å². The summed E-state index contributed by atoms with van der Waals surface area (Å²) in [6, 6.07) is 6.75. The van der Waals surface area contributed by atoms with Crippen LogP contribution in [0.2, 0.25) is 0 Å². The summed E-state index contributed by atoms with van der Waals surface area (Å²) in [5.74, 6) is -0.727. The van der Waals surface area contributed by atoms with Gasteiger partial charge < -0.3 is 10.1 Å². The Morgan fingerprint density at radius 3 is 2.69 bits per heavy atom. The lowest BCUT2D eigenvalue weighted by atomic mass is 10.2. The van der Waals surface area contributed by atoms with E-state index in [0.29, 0.717) is 5.56 Å². The van der Waals surface area contributed by atoms with E-state index in [4.69, 9.17) is 0 Å². The Kier molecular flexibility index (Phi) is 5.87. The molecule has 0 bridgehead atoms. The SMILES string of the molecule is Cc1ccc(OC(F)F)c(NC(=O)c2cc(Cn3ccc(C(F)(F)F)n3)cs2)c1. The van der Waals surface area contributed by atoms with Gasteiger partial charge in [-0.15, -0.1) is 11.3 Å². The Morgan fingerprint density at radius 1 is 1.28 bits per heavy atom. The summed E-state index contributed by atoms with van der Waals surface area (Å²) in [5, 5.41) is 7.58. The summed E-state index contributed by atoms with van der Waals surface area (Å²) in [7, 11) is 0. The number of aryl methyl sites for hydroxylation is 1. The van der Waals surface area contributed by atoms with Gasteiger partial charge in [-0.1, -0.05) is 6.07 Å². The first-order chi connectivity index (χ1) is 13.6. The molecule has 154 valence electrons. The van der Waals surface area contributed by atoms with Crippen LogP contribution in [0.1, 0.15) is 26.5 Å². The average molecular weight is 431 g/mol. The molecule has 1 aromatic carbocycles. The number of nitrogens with zero attached hydrogens (tertiary/aromatic N) is 2. The molecule has 1 N–H and O–H groups in total. The molecule has 0 atom stereocenters. The monoisotopic (exact) mass is 431 g/mol. The number of rotatable bonds is 6. The minimum atomic E-state index is -4.53. The second kappa shape index (κ2) is 8.19. The molecule has 3 aromatic rings. The van der Waals surface area contributed by atoms with Gasteiger partial charge >= 0.3 is 12.8 Å². The maximum atomic E-state index is 12.6. The zero-order valence-electron chi connectivity index (χ0n) is 14.8. The molecule has 0 spiro atoms. The van der Waals surface area contributed by atoms with Crippen LogP contribution in [0, 0.1) is 6.92 Å². The first kappa shape index (κ1) is 20.8. The van der Waals surface area contributed by atoms with Crippen molar-refractivity contribution < 1.29 is 31.5 Å². The Morgan fingerprint density at radius 2 is 2.03 bits per heavy atom. The number of ether oxygens (including phenoxy) is 1. The second-order valence-corrected chi connectivity index (χ2v) is 6.96. The lowest BCUT2D eigenvalue weighted by Gasteiger charge is -2.12. The molecule has 2 heterocycles. The number of hydrogen-bond donors (Lipinski definition) is 1. The van der Waals surface area contributed by atoms with Crippen molar-refractivity contribution in [3.63, 3.8) is 0 Å². The highest BCUT2D eigenvalue weighted by molar-refractivity contribution is 7.12. The zero-order valence-corrected chi connectivity index (χ0v) is 15.7. The van der Waals surface area contributed by atoms with Crippen molar-refractivity contribution in [1.29, 1.82) is 0 Å². The van der Waals surface area contributed by atoms with Gasteiger partial charge in [0.25, 0.3) is 5.91 Å². The van der Waals surface area contributed by atoms with Gasteiger partial charge in [-0.05, 0) is 47.7 Å². The van der Waals surface area contributed by atoms with Crippen LogP contribution < -0.4 is 10.1 Å². The van der Waals surface area contributed by atoms with Crippen LogP contribution in [-0.4, -0.2) is 22.3 Å². The molecule has 1 amide bonds. The second-order valence-electron chi connectivity index (χ2n) is 6.05. The van der Waals surface area contributed by atoms with Gasteiger partial charge in [0, 0.05) is 6.20 Å². The number of alkyl halides is 5. The molecule has 0 aliphatic rings. The van der Waals surface area contributed by atoms with E-state index in [9.17, 15) is 26.7 Å². The highest BCUT2D eigenvalue weighted by atomic mass is 32.1. The summed E-state index contributed by atoms with van der Waals surface area (Å²) < 4.78 is 68.4. The fourth-order valence-electron chi connectivity index (χ4n) is 2.49. The van der Waals surface area contributed by atoms with E-state index in [1.54, 1.807) is 18.4 Å². The fourth-order valence-corrected chi connectivity index (χ4v) is 3.29. The molecule has 11 heteroatoms. The average Bonchev–Trinajstić information content (AvgIpc) is 3.27.